The molecule has 0 bridgehead atoms. The molecule has 4 rings (SSSR count). The molecule has 1 aliphatic heterocycles. The van der Waals surface area contributed by atoms with Crippen LogP contribution >= 0.6 is 23.4 Å². The van der Waals surface area contributed by atoms with E-state index in [0.717, 1.165) is 5.56 Å². The van der Waals surface area contributed by atoms with Gasteiger partial charge in [-0.25, -0.2) is 9.07 Å². The first kappa shape index (κ1) is 19.5. The number of ether oxygens (including phenoxy) is 1. The molecule has 3 aromatic rings. The maximum absolute atomic E-state index is 13.2. The Balaban J connectivity index is 1.67. The van der Waals surface area contributed by atoms with Gasteiger partial charge in [-0.15, -0.1) is 10.2 Å². The van der Waals surface area contributed by atoms with Crippen LogP contribution in [0.25, 0.3) is 0 Å². The average Bonchev–Trinajstić information content (AvgIpc) is 3.08. The number of halogens is 2. The average molecular weight is 434 g/mol. The first-order valence-corrected chi connectivity index (χ1v) is 9.97. The Labute approximate surface area is 175 Å². The van der Waals surface area contributed by atoms with Gasteiger partial charge in [0.05, 0.1) is 18.2 Å². The molecule has 7 nitrogen and oxygen atoms in total. The maximum Gasteiger partial charge on any atom is 0.240 e. The Kier molecular flexibility index (Phi) is 5.33. The normalized spacial score (nSPS) is 17.9. The van der Waals surface area contributed by atoms with Crippen LogP contribution in [-0.2, 0) is 4.79 Å². The van der Waals surface area contributed by atoms with Crippen LogP contribution in [0.1, 0.15) is 17.4 Å². The number of rotatable bonds is 4. The zero-order valence-corrected chi connectivity index (χ0v) is 17.1. The van der Waals surface area contributed by atoms with Gasteiger partial charge in [0.15, 0.2) is 0 Å². The van der Waals surface area contributed by atoms with Crippen molar-refractivity contribution in [1.29, 1.82) is 0 Å². The standard InChI is InChI=1S/C19H17ClFN5O2S/c1-10-23-24-19-26(10)25-16(11-3-8-15(28-2)14(20)9-11)17(29-19)18(27)22-13-6-4-12(21)5-7-13/h3-9,16-17,25H,1-2H3,(H,22,27)/t16-,17+/m1/s1. The van der Waals surface area contributed by atoms with E-state index in [1.165, 1.54) is 36.0 Å². The first-order chi connectivity index (χ1) is 14.0. The lowest BCUT2D eigenvalue weighted by atomic mass is 10.0. The van der Waals surface area contributed by atoms with Crippen molar-refractivity contribution in [3.05, 3.63) is 64.7 Å². The highest BCUT2D eigenvalue weighted by atomic mass is 35.5. The van der Waals surface area contributed by atoms with E-state index in [4.69, 9.17) is 16.3 Å². The van der Waals surface area contributed by atoms with Gasteiger partial charge in [-0.2, -0.15) is 0 Å². The Morgan fingerprint density at radius 3 is 2.72 bits per heavy atom. The number of carbonyl (C=O) groups excluding carboxylic acids is 1. The molecule has 1 aromatic heterocycles. The summed E-state index contributed by atoms with van der Waals surface area (Å²) in [5.41, 5.74) is 4.62. The molecule has 0 unspecified atom stereocenters. The Hall–Kier alpha value is -2.78. The number of fused-ring (bicyclic) bond motifs is 1. The van der Waals surface area contributed by atoms with Crippen molar-refractivity contribution in [3.8, 4) is 5.75 Å². The van der Waals surface area contributed by atoms with Crippen LogP contribution in [0.4, 0.5) is 10.1 Å². The number of aryl methyl sites for hydroxylation is 1. The number of benzene rings is 2. The van der Waals surface area contributed by atoms with E-state index < -0.39 is 11.3 Å². The van der Waals surface area contributed by atoms with Gasteiger partial charge in [0.25, 0.3) is 0 Å². The Morgan fingerprint density at radius 1 is 1.28 bits per heavy atom. The van der Waals surface area contributed by atoms with E-state index in [9.17, 15) is 9.18 Å². The second-order valence-corrected chi connectivity index (χ2v) is 7.92. The zero-order chi connectivity index (χ0) is 20.5. The zero-order valence-electron chi connectivity index (χ0n) is 15.5. The lowest BCUT2D eigenvalue weighted by Crippen LogP contribution is -2.41. The molecule has 2 heterocycles. The number of hydrogen-bond acceptors (Lipinski definition) is 6. The molecule has 0 radical (unpaired) electrons. The third-order valence-electron chi connectivity index (χ3n) is 4.50. The molecule has 1 amide bonds. The van der Waals surface area contributed by atoms with Gasteiger partial charge in [0.1, 0.15) is 22.6 Å². The number of methoxy groups -OCH3 is 1. The fraction of sp³-hybridized carbons (Fsp3) is 0.211. The summed E-state index contributed by atoms with van der Waals surface area (Å²) >= 11 is 7.60. The van der Waals surface area contributed by atoms with Gasteiger partial charge in [0, 0.05) is 5.69 Å². The predicted octanol–water partition coefficient (Wildman–Crippen LogP) is 3.79. The molecule has 2 atom stereocenters. The fourth-order valence-electron chi connectivity index (χ4n) is 3.03. The molecule has 150 valence electrons. The summed E-state index contributed by atoms with van der Waals surface area (Å²) < 4.78 is 20.1. The van der Waals surface area contributed by atoms with Gasteiger partial charge in [-0.05, 0) is 48.9 Å². The molecule has 0 spiro atoms. The van der Waals surface area contributed by atoms with Gasteiger partial charge in [-0.1, -0.05) is 29.4 Å². The van der Waals surface area contributed by atoms with Crippen LogP contribution in [0.3, 0.4) is 0 Å². The molecule has 0 saturated carbocycles. The third-order valence-corrected chi connectivity index (χ3v) is 6.01. The van der Waals surface area contributed by atoms with Crippen molar-refractivity contribution in [3.63, 3.8) is 0 Å². The van der Waals surface area contributed by atoms with Crippen molar-refractivity contribution < 1.29 is 13.9 Å². The van der Waals surface area contributed by atoms with Crippen LogP contribution < -0.4 is 15.5 Å². The maximum atomic E-state index is 13.2. The van der Waals surface area contributed by atoms with Crippen LogP contribution in [0, 0.1) is 12.7 Å². The molecule has 10 heteroatoms. The van der Waals surface area contributed by atoms with Crippen LogP contribution in [0.5, 0.6) is 5.75 Å². The van der Waals surface area contributed by atoms with E-state index in [1.807, 2.05) is 13.0 Å². The number of amides is 1. The van der Waals surface area contributed by atoms with E-state index in [-0.39, 0.29) is 11.7 Å². The quantitative estimate of drug-likeness (QED) is 0.651. The SMILES string of the molecule is COc1ccc([C@H]2Nn3c(C)nnc3S[C@@H]2C(=O)Nc2ccc(F)cc2)cc1Cl. The molecular formula is C19H17ClFN5O2S. The highest BCUT2D eigenvalue weighted by molar-refractivity contribution is 8.00. The number of hydrogen-bond donors (Lipinski definition) is 2. The fourth-order valence-corrected chi connectivity index (χ4v) is 4.42. The van der Waals surface area contributed by atoms with Crippen molar-refractivity contribution in [2.24, 2.45) is 0 Å². The Morgan fingerprint density at radius 2 is 2.03 bits per heavy atom. The van der Waals surface area contributed by atoms with E-state index in [0.29, 0.717) is 27.4 Å². The first-order valence-electron chi connectivity index (χ1n) is 8.71. The summed E-state index contributed by atoms with van der Waals surface area (Å²) in [6.07, 6.45) is 0. The summed E-state index contributed by atoms with van der Waals surface area (Å²) in [5.74, 6) is 0.603. The molecule has 29 heavy (non-hydrogen) atoms. The minimum absolute atomic E-state index is 0.252. The molecular weight excluding hydrogens is 417 g/mol. The highest BCUT2D eigenvalue weighted by Crippen LogP contribution is 2.39. The number of nitrogens with zero attached hydrogens (tertiary/aromatic N) is 3. The van der Waals surface area contributed by atoms with Crippen LogP contribution in [-0.4, -0.2) is 33.1 Å². The topological polar surface area (TPSA) is 81.1 Å². The monoisotopic (exact) mass is 433 g/mol. The van der Waals surface area contributed by atoms with Crippen molar-refractivity contribution >= 4 is 35.0 Å². The minimum atomic E-state index is -0.569. The largest absolute Gasteiger partial charge is 0.495 e. The lowest BCUT2D eigenvalue weighted by molar-refractivity contribution is -0.116. The lowest BCUT2D eigenvalue weighted by Gasteiger charge is -2.33. The van der Waals surface area contributed by atoms with Crippen LogP contribution in [0.2, 0.25) is 5.02 Å². The minimum Gasteiger partial charge on any atom is -0.495 e. The summed E-state index contributed by atoms with van der Waals surface area (Å²) in [5, 5.41) is 11.5. The second-order valence-electron chi connectivity index (χ2n) is 6.40. The highest BCUT2D eigenvalue weighted by Gasteiger charge is 2.37. The number of thioether (sulfide) groups is 1. The molecule has 2 N–H and O–H groups in total. The van der Waals surface area contributed by atoms with Gasteiger partial charge < -0.3 is 15.5 Å². The van der Waals surface area contributed by atoms with Crippen molar-refractivity contribution in [2.45, 2.75) is 23.4 Å². The van der Waals surface area contributed by atoms with E-state index >= 15 is 0 Å². The van der Waals surface area contributed by atoms with Crippen molar-refractivity contribution in [2.75, 3.05) is 17.9 Å². The second kappa shape index (κ2) is 7.92. The number of aromatic nitrogens is 3. The molecule has 1 aliphatic rings. The van der Waals surface area contributed by atoms with Gasteiger partial charge in [-0.3, -0.25) is 4.79 Å². The summed E-state index contributed by atoms with van der Waals surface area (Å²) in [6.45, 7) is 1.82. The summed E-state index contributed by atoms with van der Waals surface area (Å²) in [6, 6.07) is 10.6. The predicted molar refractivity (Wildman–Crippen MR) is 110 cm³/mol. The van der Waals surface area contributed by atoms with E-state index in [1.54, 1.807) is 23.9 Å². The third kappa shape index (κ3) is 3.88. The van der Waals surface area contributed by atoms with Gasteiger partial charge >= 0.3 is 0 Å². The van der Waals surface area contributed by atoms with Crippen LogP contribution in [0.15, 0.2) is 47.6 Å². The number of anilines is 1. The molecule has 0 aliphatic carbocycles. The summed E-state index contributed by atoms with van der Waals surface area (Å²) in [7, 11) is 1.54. The molecule has 0 fully saturated rings. The van der Waals surface area contributed by atoms with E-state index in [2.05, 4.69) is 20.9 Å². The molecule has 2 aromatic carbocycles. The Bertz CT molecular complexity index is 1060. The summed E-state index contributed by atoms with van der Waals surface area (Å²) in [4.78, 5) is 13.1. The van der Waals surface area contributed by atoms with Crippen molar-refractivity contribution in [1.82, 2.24) is 14.9 Å². The molecule has 0 saturated heterocycles. The number of nitrogens with one attached hydrogen (secondary N) is 2. The smallest absolute Gasteiger partial charge is 0.240 e. The van der Waals surface area contributed by atoms with Gasteiger partial charge in [0.2, 0.25) is 11.1 Å². The number of carbonyl (C=O) groups is 1.